The highest BCUT2D eigenvalue weighted by molar-refractivity contribution is 5.98. The van der Waals surface area contributed by atoms with Crippen LogP contribution in [0.3, 0.4) is 0 Å². The quantitative estimate of drug-likeness (QED) is 0.592. The summed E-state index contributed by atoms with van der Waals surface area (Å²) in [7, 11) is 2.87. The van der Waals surface area contributed by atoms with Crippen molar-refractivity contribution in [2.45, 2.75) is 31.4 Å². The van der Waals surface area contributed by atoms with E-state index in [4.69, 9.17) is 14.2 Å². The van der Waals surface area contributed by atoms with Crippen molar-refractivity contribution >= 4 is 5.78 Å². The SMILES string of the molecule is COc1ccc(C(=O)Cn2c(=O)ccn([C@H]3C[C@H](O)[C@@H](CO)O3)c2=O)c(OC)c1. The van der Waals surface area contributed by atoms with Gasteiger partial charge in [0, 0.05) is 24.8 Å². The first-order chi connectivity index (χ1) is 13.9. The van der Waals surface area contributed by atoms with E-state index >= 15 is 0 Å². The molecule has 156 valence electrons. The van der Waals surface area contributed by atoms with Crippen LogP contribution in [0.1, 0.15) is 23.0 Å². The van der Waals surface area contributed by atoms with Crippen LogP contribution in [0, 0.1) is 0 Å². The van der Waals surface area contributed by atoms with Crippen molar-refractivity contribution in [3.05, 3.63) is 56.9 Å². The summed E-state index contributed by atoms with van der Waals surface area (Å²) >= 11 is 0. The third kappa shape index (κ3) is 4.09. The molecule has 2 heterocycles. The maximum Gasteiger partial charge on any atom is 0.333 e. The molecule has 29 heavy (non-hydrogen) atoms. The van der Waals surface area contributed by atoms with Crippen molar-refractivity contribution in [3.8, 4) is 11.5 Å². The number of hydrogen-bond donors (Lipinski definition) is 2. The summed E-state index contributed by atoms with van der Waals surface area (Å²) in [4.78, 5) is 37.8. The van der Waals surface area contributed by atoms with E-state index in [1.165, 1.54) is 32.5 Å². The molecule has 1 fully saturated rings. The monoisotopic (exact) mass is 406 g/mol. The molecular formula is C19H22N2O8. The fourth-order valence-corrected chi connectivity index (χ4v) is 3.20. The maximum absolute atomic E-state index is 12.8. The highest BCUT2D eigenvalue weighted by Gasteiger charge is 2.35. The molecule has 0 unspecified atom stereocenters. The van der Waals surface area contributed by atoms with E-state index in [1.54, 1.807) is 6.07 Å². The Kier molecular flexibility index (Phi) is 6.16. The van der Waals surface area contributed by atoms with Crippen LogP contribution >= 0.6 is 0 Å². The van der Waals surface area contributed by atoms with Gasteiger partial charge in [0.25, 0.3) is 5.56 Å². The zero-order valence-electron chi connectivity index (χ0n) is 16.0. The van der Waals surface area contributed by atoms with Crippen LogP contribution in [0.25, 0.3) is 0 Å². The Morgan fingerprint density at radius 1 is 1.24 bits per heavy atom. The molecule has 10 nitrogen and oxygen atoms in total. The van der Waals surface area contributed by atoms with Crippen LogP contribution in [0.2, 0.25) is 0 Å². The van der Waals surface area contributed by atoms with Gasteiger partial charge >= 0.3 is 5.69 Å². The van der Waals surface area contributed by atoms with Gasteiger partial charge in [-0.3, -0.25) is 18.7 Å². The van der Waals surface area contributed by atoms with Gasteiger partial charge < -0.3 is 24.4 Å². The van der Waals surface area contributed by atoms with Crippen LogP contribution in [-0.4, -0.2) is 58.2 Å². The number of rotatable bonds is 7. The third-order valence-corrected chi connectivity index (χ3v) is 4.80. The first-order valence-corrected chi connectivity index (χ1v) is 8.91. The van der Waals surface area contributed by atoms with Crippen LogP contribution in [0.15, 0.2) is 40.1 Å². The van der Waals surface area contributed by atoms with Gasteiger partial charge in [-0.25, -0.2) is 4.79 Å². The number of aliphatic hydroxyl groups is 2. The Morgan fingerprint density at radius 3 is 2.62 bits per heavy atom. The van der Waals surface area contributed by atoms with Crippen LogP contribution in [-0.2, 0) is 11.3 Å². The number of carbonyl (C=O) groups is 1. The topological polar surface area (TPSA) is 129 Å². The number of hydrogen-bond acceptors (Lipinski definition) is 8. The number of ketones is 1. The highest BCUT2D eigenvalue weighted by Crippen LogP contribution is 2.27. The molecule has 0 amide bonds. The van der Waals surface area contributed by atoms with Crippen molar-refractivity contribution < 1.29 is 29.2 Å². The fraction of sp³-hybridized carbons (Fsp3) is 0.421. The minimum Gasteiger partial charge on any atom is -0.497 e. The number of carbonyl (C=O) groups excluding carboxylic acids is 1. The lowest BCUT2D eigenvalue weighted by Gasteiger charge is -2.16. The van der Waals surface area contributed by atoms with E-state index < -0.39 is 48.6 Å². The number of aliphatic hydroxyl groups excluding tert-OH is 2. The fourth-order valence-electron chi connectivity index (χ4n) is 3.20. The van der Waals surface area contributed by atoms with Gasteiger partial charge in [0.1, 0.15) is 23.8 Å². The van der Waals surface area contributed by atoms with Crippen LogP contribution in [0.4, 0.5) is 0 Å². The van der Waals surface area contributed by atoms with E-state index in [0.29, 0.717) is 5.75 Å². The first-order valence-electron chi connectivity index (χ1n) is 8.91. The van der Waals surface area contributed by atoms with E-state index in [0.717, 1.165) is 15.2 Å². The predicted octanol–water partition coefficient (Wildman–Crippen LogP) is -0.449. The van der Waals surface area contributed by atoms with E-state index in [1.807, 2.05) is 0 Å². The Labute approximate surface area is 165 Å². The minimum atomic E-state index is -0.942. The van der Waals surface area contributed by atoms with Gasteiger partial charge in [-0.15, -0.1) is 0 Å². The second-order valence-electron chi connectivity index (χ2n) is 6.53. The molecule has 1 aromatic heterocycles. The lowest BCUT2D eigenvalue weighted by molar-refractivity contribution is -0.0463. The van der Waals surface area contributed by atoms with Crippen molar-refractivity contribution in [1.29, 1.82) is 0 Å². The molecule has 1 aliphatic heterocycles. The summed E-state index contributed by atoms with van der Waals surface area (Å²) in [6, 6.07) is 5.74. The number of ether oxygens (including phenoxy) is 3. The minimum absolute atomic E-state index is 0.0730. The van der Waals surface area contributed by atoms with Crippen molar-refractivity contribution in [2.75, 3.05) is 20.8 Å². The maximum atomic E-state index is 12.8. The number of methoxy groups -OCH3 is 2. The second-order valence-corrected chi connectivity index (χ2v) is 6.53. The van der Waals surface area contributed by atoms with E-state index in [2.05, 4.69) is 0 Å². The Balaban J connectivity index is 1.91. The van der Waals surface area contributed by atoms with Crippen molar-refractivity contribution in [1.82, 2.24) is 9.13 Å². The number of nitrogens with zero attached hydrogens (tertiary/aromatic N) is 2. The smallest absolute Gasteiger partial charge is 0.333 e. The normalized spacial score (nSPS) is 21.2. The molecule has 1 aromatic carbocycles. The molecule has 0 bridgehead atoms. The molecule has 10 heteroatoms. The van der Waals surface area contributed by atoms with E-state index in [9.17, 15) is 24.6 Å². The molecule has 0 saturated carbocycles. The summed E-state index contributed by atoms with van der Waals surface area (Å²) in [5.74, 6) is 0.252. The summed E-state index contributed by atoms with van der Waals surface area (Å²) in [5.41, 5.74) is -1.21. The predicted molar refractivity (Wildman–Crippen MR) is 100 cm³/mol. The molecule has 3 rings (SSSR count). The van der Waals surface area contributed by atoms with Gasteiger partial charge in [-0.1, -0.05) is 0 Å². The third-order valence-electron chi connectivity index (χ3n) is 4.80. The average Bonchev–Trinajstić information content (AvgIpc) is 3.10. The number of benzene rings is 1. The summed E-state index contributed by atoms with van der Waals surface area (Å²) in [6.45, 7) is -0.901. The highest BCUT2D eigenvalue weighted by atomic mass is 16.5. The zero-order chi connectivity index (χ0) is 21.1. The summed E-state index contributed by atoms with van der Waals surface area (Å²) in [5, 5.41) is 19.1. The lowest BCUT2D eigenvalue weighted by atomic mass is 10.1. The molecular weight excluding hydrogens is 384 g/mol. The van der Waals surface area contributed by atoms with Gasteiger partial charge in [-0.05, 0) is 12.1 Å². The Hall–Kier alpha value is -2.95. The van der Waals surface area contributed by atoms with Crippen molar-refractivity contribution in [3.63, 3.8) is 0 Å². The molecule has 1 saturated heterocycles. The lowest BCUT2D eigenvalue weighted by Crippen LogP contribution is -2.42. The molecule has 0 spiro atoms. The van der Waals surface area contributed by atoms with Gasteiger partial charge in [0.05, 0.1) is 39.0 Å². The van der Waals surface area contributed by atoms with Crippen LogP contribution in [0.5, 0.6) is 11.5 Å². The molecule has 0 aliphatic carbocycles. The van der Waals surface area contributed by atoms with Gasteiger partial charge in [0.15, 0.2) is 5.78 Å². The molecule has 3 atom stereocenters. The largest absolute Gasteiger partial charge is 0.497 e. The van der Waals surface area contributed by atoms with Gasteiger partial charge in [-0.2, -0.15) is 0 Å². The second kappa shape index (κ2) is 8.60. The Morgan fingerprint density at radius 2 is 2.00 bits per heavy atom. The van der Waals surface area contributed by atoms with E-state index in [-0.39, 0.29) is 17.7 Å². The van der Waals surface area contributed by atoms with Gasteiger partial charge in [0.2, 0.25) is 0 Å². The first kappa shape index (κ1) is 20.8. The standard InChI is InChI=1S/C19H22N2O8/c1-27-11-3-4-12(15(7-11)28-2)14(24)9-21-17(25)5-6-20(19(21)26)18-8-13(23)16(10-22)29-18/h3-7,13,16,18,22-23H,8-10H2,1-2H3/t13-,16+,18+/m0/s1. The molecule has 2 N–H and O–H groups in total. The van der Waals surface area contributed by atoms with Crippen molar-refractivity contribution in [2.24, 2.45) is 0 Å². The summed E-state index contributed by atoms with van der Waals surface area (Å²) in [6.07, 6.45) is -1.30. The molecule has 1 aliphatic rings. The Bertz CT molecular complexity index is 1010. The summed E-state index contributed by atoms with van der Waals surface area (Å²) < 4.78 is 17.7. The number of Topliss-reactive ketones (excluding diaryl/α,β-unsaturated/α-hetero) is 1. The number of aromatic nitrogens is 2. The molecule has 0 radical (unpaired) electrons. The molecule has 2 aromatic rings. The van der Waals surface area contributed by atoms with Crippen LogP contribution < -0.4 is 20.7 Å². The average molecular weight is 406 g/mol. The zero-order valence-corrected chi connectivity index (χ0v) is 16.0.